The number of halogens is 1. The van der Waals surface area contributed by atoms with Crippen molar-refractivity contribution >= 4 is 22.1 Å². The number of aryl methyl sites for hydroxylation is 1. The van der Waals surface area contributed by atoms with Gasteiger partial charge in [0.25, 0.3) is 5.56 Å². The number of hydrogen-bond acceptors (Lipinski definition) is 5. The summed E-state index contributed by atoms with van der Waals surface area (Å²) < 4.78 is 15.9. The second kappa shape index (κ2) is 5.97. The molecule has 0 unspecified atom stereocenters. The summed E-state index contributed by atoms with van der Waals surface area (Å²) in [5, 5.41) is 8.95. The first kappa shape index (κ1) is 15.8. The Kier molecular flexibility index (Phi) is 3.77. The third kappa shape index (κ3) is 2.59. The molecule has 1 aromatic carbocycles. The van der Waals surface area contributed by atoms with Crippen LogP contribution in [0.15, 0.2) is 29.1 Å². The number of aromatic nitrogens is 2. The van der Waals surface area contributed by atoms with Gasteiger partial charge in [0.05, 0.1) is 11.3 Å². The Morgan fingerprint density at radius 1 is 1.40 bits per heavy atom. The van der Waals surface area contributed by atoms with Crippen molar-refractivity contribution in [2.24, 2.45) is 0 Å². The maximum atomic E-state index is 14.3. The lowest BCUT2D eigenvalue weighted by molar-refractivity contribution is 0.604. The molecule has 0 N–H and O–H groups in total. The van der Waals surface area contributed by atoms with Crippen LogP contribution in [0.3, 0.4) is 0 Å². The van der Waals surface area contributed by atoms with E-state index in [-0.39, 0.29) is 17.5 Å². The van der Waals surface area contributed by atoms with Gasteiger partial charge in [0.2, 0.25) is 0 Å². The molecular weight excluding hydrogens is 339 g/mol. The van der Waals surface area contributed by atoms with Crippen molar-refractivity contribution in [1.29, 1.82) is 5.26 Å². The molecule has 3 heterocycles. The van der Waals surface area contributed by atoms with Crippen molar-refractivity contribution in [3.63, 3.8) is 0 Å². The molecule has 0 amide bonds. The third-order valence-electron chi connectivity index (χ3n) is 4.44. The van der Waals surface area contributed by atoms with Gasteiger partial charge in [0.15, 0.2) is 4.96 Å². The molecule has 0 radical (unpaired) electrons. The molecule has 0 saturated carbocycles. The number of thiazole rings is 1. The van der Waals surface area contributed by atoms with Crippen LogP contribution in [0.2, 0.25) is 0 Å². The average molecular weight is 354 g/mol. The van der Waals surface area contributed by atoms with Crippen LogP contribution in [0.1, 0.15) is 28.1 Å². The molecule has 5 nitrogen and oxygen atoms in total. The smallest absolute Gasteiger partial charge is 0.260 e. The van der Waals surface area contributed by atoms with Crippen molar-refractivity contribution in [3.05, 3.63) is 62.1 Å². The van der Waals surface area contributed by atoms with E-state index in [1.165, 1.54) is 23.5 Å². The van der Waals surface area contributed by atoms with E-state index in [9.17, 15) is 9.18 Å². The van der Waals surface area contributed by atoms with Crippen molar-refractivity contribution in [2.75, 3.05) is 18.0 Å². The van der Waals surface area contributed by atoms with E-state index in [2.05, 4.69) is 9.88 Å². The highest BCUT2D eigenvalue weighted by molar-refractivity contribution is 7.17. The van der Waals surface area contributed by atoms with E-state index in [0.29, 0.717) is 16.2 Å². The molecule has 0 aliphatic carbocycles. The van der Waals surface area contributed by atoms with Crippen LogP contribution in [0.4, 0.5) is 10.2 Å². The number of nitriles is 1. The van der Waals surface area contributed by atoms with Crippen LogP contribution in [0, 0.1) is 24.1 Å². The molecule has 4 rings (SSSR count). The maximum Gasteiger partial charge on any atom is 0.260 e. The minimum absolute atomic E-state index is 0.00216. The highest BCUT2D eigenvalue weighted by Crippen LogP contribution is 2.30. The molecule has 0 spiro atoms. The fourth-order valence-electron chi connectivity index (χ4n) is 3.09. The summed E-state index contributed by atoms with van der Waals surface area (Å²) in [6, 6.07) is 7.98. The van der Waals surface area contributed by atoms with Crippen molar-refractivity contribution in [1.82, 2.24) is 9.38 Å². The fourth-order valence-corrected chi connectivity index (χ4v) is 4.11. The van der Waals surface area contributed by atoms with Crippen LogP contribution >= 0.6 is 11.3 Å². The first-order chi connectivity index (χ1) is 12.1. The Bertz CT molecular complexity index is 1080. The summed E-state index contributed by atoms with van der Waals surface area (Å²) in [4.78, 5) is 21.0. The highest BCUT2D eigenvalue weighted by Gasteiger charge is 2.23. The molecule has 1 saturated heterocycles. The molecule has 7 heteroatoms. The number of rotatable bonds is 3. The van der Waals surface area contributed by atoms with Gasteiger partial charge in [-0.05, 0) is 25.0 Å². The van der Waals surface area contributed by atoms with E-state index >= 15 is 0 Å². The van der Waals surface area contributed by atoms with Gasteiger partial charge in [-0.3, -0.25) is 4.79 Å². The summed E-state index contributed by atoms with van der Waals surface area (Å²) in [5.41, 5.74) is 0.729. The van der Waals surface area contributed by atoms with Gasteiger partial charge in [-0.15, -0.1) is 0 Å². The number of hydrogen-bond donors (Lipinski definition) is 0. The minimum atomic E-state index is -0.546. The molecular formula is C18H15FN4OS. The van der Waals surface area contributed by atoms with E-state index in [1.54, 1.807) is 16.5 Å². The molecule has 0 atom stereocenters. The summed E-state index contributed by atoms with van der Waals surface area (Å²) in [6.07, 6.45) is 1.31. The van der Waals surface area contributed by atoms with E-state index in [1.807, 2.05) is 13.0 Å². The van der Waals surface area contributed by atoms with Gasteiger partial charge >= 0.3 is 0 Å². The molecule has 1 fully saturated rings. The van der Waals surface area contributed by atoms with Crippen LogP contribution in [0.5, 0.6) is 0 Å². The number of benzene rings is 1. The zero-order chi connectivity index (χ0) is 17.6. The Hall–Kier alpha value is -2.72. The normalized spacial score (nSPS) is 13.7. The third-order valence-corrected chi connectivity index (χ3v) is 5.38. The summed E-state index contributed by atoms with van der Waals surface area (Å²) in [5.74, 6) is 0.378. The number of nitrogens with zero attached hydrogens (tertiary/aromatic N) is 4. The molecule has 126 valence electrons. The van der Waals surface area contributed by atoms with Gasteiger partial charge in [-0.25, -0.2) is 13.8 Å². The minimum Gasteiger partial charge on any atom is -0.357 e. The molecule has 2 aromatic heterocycles. The summed E-state index contributed by atoms with van der Waals surface area (Å²) in [6.45, 7) is 3.89. The first-order valence-corrected chi connectivity index (χ1v) is 8.84. The monoisotopic (exact) mass is 354 g/mol. The average Bonchev–Trinajstić information content (AvgIpc) is 2.85. The SMILES string of the molecule is Cc1sc2nc(Cc3cccc(C#N)c3F)cc(=O)n2c1N1CCC1. The van der Waals surface area contributed by atoms with Gasteiger partial charge in [0.1, 0.15) is 17.7 Å². The predicted molar refractivity (Wildman–Crippen MR) is 94.8 cm³/mol. The van der Waals surface area contributed by atoms with Crippen LogP contribution in [-0.4, -0.2) is 22.5 Å². The molecule has 1 aliphatic rings. The first-order valence-electron chi connectivity index (χ1n) is 8.03. The van der Waals surface area contributed by atoms with Crippen LogP contribution in [0.25, 0.3) is 4.96 Å². The fraction of sp³-hybridized carbons (Fsp3) is 0.278. The Balaban J connectivity index is 1.78. The van der Waals surface area contributed by atoms with Gasteiger partial charge < -0.3 is 4.90 Å². The molecule has 25 heavy (non-hydrogen) atoms. The predicted octanol–water partition coefficient (Wildman–Crippen LogP) is 2.88. The van der Waals surface area contributed by atoms with Crippen LogP contribution in [-0.2, 0) is 6.42 Å². The molecule has 0 bridgehead atoms. The summed E-state index contributed by atoms with van der Waals surface area (Å²) >= 11 is 1.47. The summed E-state index contributed by atoms with van der Waals surface area (Å²) in [7, 11) is 0. The lowest BCUT2D eigenvalue weighted by atomic mass is 10.1. The van der Waals surface area contributed by atoms with E-state index in [0.717, 1.165) is 30.2 Å². The Labute approximate surface area is 147 Å². The second-order valence-corrected chi connectivity index (χ2v) is 7.28. The van der Waals surface area contributed by atoms with Gasteiger partial charge in [0, 0.05) is 30.5 Å². The van der Waals surface area contributed by atoms with Crippen molar-refractivity contribution in [2.45, 2.75) is 19.8 Å². The number of fused-ring (bicyclic) bond motifs is 1. The van der Waals surface area contributed by atoms with E-state index in [4.69, 9.17) is 5.26 Å². The lowest BCUT2D eigenvalue weighted by Gasteiger charge is -2.32. The topological polar surface area (TPSA) is 61.4 Å². The highest BCUT2D eigenvalue weighted by atomic mass is 32.1. The Morgan fingerprint density at radius 2 is 2.20 bits per heavy atom. The van der Waals surface area contributed by atoms with Gasteiger partial charge in [-0.2, -0.15) is 5.26 Å². The van der Waals surface area contributed by atoms with Crippen molar-refractivity contribution in [3.8, 4) is 6.07 Å². The second-order valence-electron chi connectivity index (χ2n) is 6.09. The maximum absolute atomic E-state index is 14.3. The molecule has 3 aromatic rings. The number of anilines is 1. The van der Waals surface area contributed by atoms with Crippen LogP contribution < -0.4 is 10.5 Å². The zero-order valence-corrected chi connectivity index (χ0v) is 14.4. The molecule has 1 aliphatic heterocycles. The Morgan fingerprint density at radius 3 is 2.88 bits per heavy atom. The standard InChI is InChI=1S/C18H15FN4OS/c1-11-17(22-6-3-7-22)23-15(24)9-14(21-18(23)25-11)8-12-4-2-5-13(10-20)16(12)19/h2,4-5,9H,3,6-8H2,1H3. The zero-order valence-electron chi connectivity index (χ0n) is 13.6. The van der Waals surface area contributed by atoms with Crippen molar-refractivity contribution < 1.29 is 4.39 Å². The quantitative estimate of drug-likeness (QED) is 0.726. The van der Waals surface area contributed by atoms with E-state index < -0.39 is 5.82 Å². The van der Waals surface area contributed by atoms with Gasteiger partial charge in [-0.1, -0.05) is 23.5 Å². The largest absolute Gasteiger partial charge is 0.357 e. The lowest BCUT2D eigenvalue weighted by Crippen LogP contribution is -2.39.